The Balaban J connectivity index is 2.39. The third-order valence-electron chi connectivity index (χ3n) is 3.97. The molecule has 1 rings (SSSR count). The molecule has 0 aromatic carbocycles. The number of thioether (sulfide) groups is 1. The first-order valence-electron chi connectivity index (χ1n) is 7.09. The standard InChI is InChI=1S/C14H25NO3S/c1-3-10-8-11(12(9-10)14(17)18)13(16)15-6-4-5-7-19-2/h10-12H,3-9H2,1-2H3,(H,15,16)(H,17,18)/t10?,11-,12+/m0/s1. The fourth-order valence-corrected chi connectivity index (χ4v) is 3.25. The second kappa shape index (κ2) is 8.46. The van der Waals surface area contributed by atoms with Crippen LogP contribution in [-0.4, -0.2) is 35.5 Å². The third kappa shape index (κ3) is 5.05. The van der Waals surface area contributed by atoms with Crippen molar-refractivity contribution >= 4 is 23.6 Å². The summed E-state index contributed by atoms with van der Waals surface area (Å²) in [5.74, 6) is -0.215. The number of unbranched alkanes of at least 4 members (excludes halogenated alkanes) is 1. The molecule has 1 aliphatic carbocycles. The Morgan fingerprint density at radius 3 is 2.53 bits per heavy atom. The lowest BCUT2D eigenvalue weighted by atomic mass is 9.95. The monoisotopic (exact) mass is 287 g/mol. The van der Waals surface area contributed by atoms with Crippen LogP contribution in [0, 0.1) is 17.8 Å². The van der Waals surface area contributed by atoms with Gasteiger partial charge in [-0.2, -0.15) is 11.8 Å². The molecule has 0 radical (unpaired) electrons. The average molecular weight is 287 g/mol. The number of carboxylic acids is 1. The van der Waals surface area contributed by atoms with Crippen molar-refractivity contribution in [2.45, 2.75) is 39.0 Å². The number of carbonyl (C=O) groups is 2. The van der Waals surface area contributed by atoms with Gasteiger partial charge in [-0.25, -0.2) is 0 Å². The van der Waals surface area contributed by atoms with E-state index in [1.54, 1.807) is 11.8 Å². The van der Waals surface area contributed by atoms with Crippen molar-refractivity contribution in [3.63, 3.8) is 0 Å². The number of rotatable bonds is 8. The second-order valence-electron chi connectivity index (χ2n) is 5.29. The van der Waals surface area contributed by atoms with E-state index < -0.39 is 11.9 Å². The van der Waals surface area contributed by atoms with E-state index in [0.717, 1.165) is 31.4 Å². The van der Waals surface area contributed by atoms with Gasteiger partial charge in [-0.15, -0.1) is 0 Å². The van der Waals surface area contributed by atoms with Crippen LogP contribution in [-0.2, 0) is 9.59 Å². The molecule has 110 valence electrons. The van der Waals surface area contributed by atoms with Crippen LogP contribution < -0.4 is 5.32 Å². The molecular weight excluding hydrogens is 262 g/mol. The molecule has 1 aliphatic rings. The smallest absolute Gasteiger partial charge is 0.307 e. The van der Waals surface area contributed by atoms with Crippen LogP contribution in [0.1, 0.15) is 39.0 Å². The molecule has 0 aliphatic heterocycles. The molecule has 0 aromatic heterocycles. The van der Waals surface area contributed by atoms with Crippen LogP contribution in [0.15, 0.2) is 0 Å². The highest BCUT2D eigenvalue weighted by molar-refractivity contribution is 7.98. The Kier molecular flexibility index (Phi) is 7.28. The van der Waals surface area contributed by atoms with Gasteiger partial charge < -0.3 is 10.4 Å². The van der Waals surface area contributed by atoms with Crippen LogP contribution in [0.3, 0.4) is 0 Å². The minimum Gasteiger partial charge on any atom is -0.481 e. The molecule has 1 saturated carbocycles. The van der Waals surface area contributed by atoms with Crippen molar-refractivity contribution in [1.82, 2.24) is 5.32 Å². The molecule has 1 amide bonds. The number of carbonyl (C=O) groups excluding carboxylic acids is 1. The van der Waals surface area contributed by atoms with E-state index in [4.69, 9.17) is 0 Å². The number of nitrogens with one attached hydrogen (secondary N) is 1. The summed E-state index contributed by atoms with van der Waals surface area (Å²) < 4.78 is 0. The Bertz CT molecular complexity index is 309. The quantitative estimate of drug-likeness (QED) is 0.673. The minimum absolute atomic E-state index is 0.0625. The van der Waals surface area contributed by atoms with Crippen molar-refractivity contribution in [2.75, 3.05) is 18.6 Å². The minimum atomic E-state index is -0.821. The SMILES string of the molecule is CCC1C[C@H](C(=O)NCCCCSC)[C@H](C(=O)O)C1. The largest absolute Gasteiger partial charge is 0.481 e. The van der Waals surface area contributed by atoms with E-state index >= 15 is 0 Å². The van der Waals surface area contributed by atoms with Crippen molar-refractivity contribution < 1.29 is 14.7 Å². The van der Waals surface area contributed by atoms with Gasteiger partial charge in [0.2, 0.25) is 5.91 Å². The molecule has 1 unspecified atom stereocenters. The molecule has 2 N–H and O–H groups in total. The summed E-state index contributed by atoms with van der Waals surface area (Å²) in [6.45, 7) is 2.73. The summed E-state index contributed by atoms with van der Waals surface area (Å²) in [6.07, 6.45) is 6.46. The predicted molar refractivity (Wildman–Crippen MR) is 78.3 cm³/mol. The molecule has 0 aromatic rings. The Morgan fingerprint density at radius 1 is 1.26 bits per heavy atom. The first kappa shape index (κ1) is 16.3. The molecular formula is C14H25NO3S. The number of amides is 1. The van der Waals surface area contributed by atoms with E-state index in [0.29, 0.717) is 18.9 Å². The number of hydrogen-bond acceptors (Lipinski definition) is 3. The zero-order valence-electron chi connectivity index (χ0n) is 11.9. The summed E-state index contributed by atoms with van der Waals surface area (Å²) in [4.78, 5) is 23.3. The van der Waals surface area contributed by atoms with Gasteiger partial charge in [0.05, 0.1) is 11.8 Å². The number of hydrogen-bond donors (Lipinski definition) is 2. The molecule has 0 heterocycles. The van der Waals surface area contributed by atoms with Crippen LogP contribution in [0.2, 0.25) is 0 Å². The van der Waals surface area contributed by atoms with E-state index in [9.17, 15) is 14.7 Å². The molecule has 4 nitrogen and oxygen atoms in total. The van der Waals surface area contributed by atoms with Crippen LogP contribution >= 0.6 is 11.8 Å². The third-order valence-corrected chi connectivity index (χ3v) is 4.66. The summed E-state index contributed by atoms with van der Waals surface area (Å²) in [5.41, 5.74) is 0. The average Bonchev–Trinajstić information content (AvgIpc) is 2.82. The maximum Gasteiger partial charge on any atom is 0.307 e. The highest BCUT2D eigenvalue weighted by Gasteiger charge is 2.41. The maximum absolute atomic E-state index is 12.1. The maximum atomic E-state index is 12.1. The first-order chi connectivity index (χ1) is 9.10. The lowest BCUT2D eigenvalue weighted by Crippen LogP contribution is -2.35. The van der Waals surface area contributed by atoms with Gasteiger partial charge >= 0.3 is 5.97 Å². The van der Waals surface area contributed by atoms with Crippen LogP contribution in [0.25, 0.3) is 0 Å². The normalized spacial score (nSPS) is 26.3. The lowest BCUT2D eigenvalue weighted by Gasteiger charge is -2.15. The van der Waals surface area contributed by atoms with Gasteiger partial charge in [-0.1, -0.05) is 13.3 Å². The molecule has 0 spiro atoms. The Hall–Kier alpha value is -0.710. The van der Waals surface area contributed by atoms with Gasteiger partial charge in [0.1, 0.15) is 0 Å². The summed E-state index contributed by atoms with van der Waals surface area (Å²) >= 11 is 1.80. The van der Waals surface area contributed by atoms with E-state index in [1.165, 1.54) is 0 Å². The molecule has 0 bridgehead atoms. The fourth-order valence-electron chi connectivity index (χ4n) is 2.75. The van der Waals surface area contributed by atoms with Gasteiger partial charge in [-0.3, -0.25) is 9.59 Å². The van der Waals surface area contributed by atoms with Gasteiger partial charge in [0.15, 0.2) is 0 Å². The van der Waals surface area contributed by atoms with Crippen molar-refractivity contribution in [3.8, 4) is 0 Å². The van der Waals surface area contributed by atoms with Crippen molar-refractivity contribution in [1.29, 1.82) is 0 Å². The van der Waals surface area contributed by atoms with E-state index in [-0.39, 0.29) is 11.8 Å². The molecule has 1 fully saturated rings. The highest BCUT2D eigenvalue weighted by atomic mass is 32.2. The molecule has 5 heteroatoms. The second-order valence-corrected chi connectivity index (χ2v) is 6.27. The Labute approximate surface area is 119 Å². The zero-order chi connectivity index (χ0) is 14.3. The topological polar surface area (TPSA) is 66.4 Å². The number of aliphatic carboxylic acids is 1. The van der Waals surface area contributed by atoms with Gasteiger partial charge in [0.25, 0.3) is 0 Å². The summed E-state index contributed by atoms with van der Waals surface area (Å²) in [5, 5.41) is 12.1. The fraction of sp³-hybridized carbons (Fsp3) is 0.857. The highest BCUT2D eigenvalue weighted by Crippen LogP contribution is 2.38. The molecule has 3 atom stereocenters. The van der Waals surface area contributed by atoms with Crippen LogP contribution in [0.4, 0.5) is 0 Å². The molecule has 19 heavy (non-hydrogen) atoms. The van der Waals surface area contributed by atoms with Crippen LogP contribution in [0.5, 0.6) is 0 Å². The molecule has 0 saturated heterocycles. The van der Waals surface area contributed by atoms with Crippen molar-refractivity contribution in [3.05, 3.63) is 0 Å². The van der Waals surface area contributed by atoms with Gasteiger partial charge in [0, 0.05) is 6.54 Å². The first-order valence-corrected chi connectivity index (χ1v) is 8.49. The zero-order valence-corrected chi connectivity index (χ0v) is 12.7. The van der Waals surface area contributed by atoms with E-state index in [2.05, 4.69) is 18.5 Å². The Morgan fingerprint density at radius 2 is 1.95 bits per heavy atom. The van der Waals surface area contributed by atoms with Gasteiger partial charge in [-0.05, 0) is 43.6 Å². The number of carboxylic acid groups (broad SMARTS) is 1. The predicted octanol–water partition coefficient (Wildman–Crippen LogP) is 2.38. The lowest BCUT2D eigenvalue weighted by molar-refractivity contribution is -0.146. The summed E-state index contributed by atoms with van der Waals surface area (Å²) in [6, 6.07) is 0. The summed E-state index contributed by atoms with van der Waals surface area (Å²) in [7, 11) is 0. The van der Waals surface area contributed by atoms with Crippen molar-refractivity contribution in [2.24, 2.45) is 17.8 Å². The van der Waals surface area contributed by atoms with E-state index in [1.807, 2.05) is 0 Å².